The molecule has 1 aromatic carbocycles. The van der Waals surface area contributed by atoms with Crippen molar-refractivity contribution in [3.05, 3.63) is 89.6 Å². The number of imidazole rings is 2. The Morgan fingerprint density at radius 2 is 1.60 bits per heavy atom. The van der Waals surface area contributed by atoms with Gasteiger partial charge in [-0.05, 0) is 62.8 Å². The van der Waals surface area contributed by atoms with Crippen molar-refractivity contribution < 1.29 is 80.4 Å². The number of nitrogens with one attached hydrogen (secondary N) is 1. The fourth-order valence-corrected chi connectivity index (χ4v) is 14.5. The molecule has 4 unspecified atom stereocenters. The molecule has 8 heterocycles. The van der Waals surface area contributed by atoms with Crippen LogP contribution in [0, 0.1) is 5.82 Å². The number of nitrogen functional groups attached to an aromatic ring is 1. The summed E-state index contributed by atoms with van der Waals surface area (Å²) >= 11 is 0. The predicted octanol–water partition coefficient (Wildman–Crippen LogP) is 4.74. The second kappa shape index (κ2) is 31.1. The molecule has 7 aromatic rings. The van der Waals surface area contributed by atoms with E-state index in [1.165, 1.54) is 29.4 Å². The molecule has 2 saturated heterocycles. The van der Waals surface area contributed by atoms with Crippen LogP contribution in [0.2, 0.25) is 0 Å². The molecule has 2 aliphatic rings. The first-order valence-electron chi connectivity index (χ1n) is 30.5. The Morgan fingerprint density at radius 3 is 2.30 bits per heavy atom. The highest BCUT2D eigenvalue weighted by Gasteiger charge is 2.56. The van der Waals surface area contributed by atoms with Crippen LogP contribution < -0.4 is 21.6 Å². The number of carbonyl (C=O) groups is 1. The fourth-order valence-electron chi connectivity index (χ4n) is 11.6. The molecular weight excluding hydrogens is 1230 g/mol. The Labute approximate surface area is 523 Å². The molecule has 0 spiro atoms. The Kier molecular flexibility index (Phi) is 23.6. The zero-order valence-electron chi connectivity index (χ0n) is 51.4. The summed E-state index contributed by atoms with van der Waals surface area (Å²) in [4.78, 5) is 79.5. The molecule has 2 fully saturated rings. The van der Waals surface area contributed by atoms with E-state index < -0.39 is 80.7 Å². The third kappa shape index (κ3) is 17.3. The SMILES string of the molecule is CCC(CC)(C[C@@H]1O[C@H](n2cnc3c(N)ncnc32)C(OP(=O)(O)C(CC)(CC)CC(CO)NC(=O)CCCn2cc(COCCOCCOCCOCCN3CCN(c4ccc5cc(-c6cn7ccc(F)cc7n6)c(=O)oc5c4)CC3)nn2)C1O)OP(=O)(O)O. The van der Waals surface area contributed by atoms with E-state index in [9.17, 15) is 48.0 Å². The molecule has 0 saturated carbocycles. The van der Waals surface area contributed by atoms with Crippen LogP contribution in [0.1, 0.15) is 91.0 Å². The van der Waals surface area contributed by atoms with E-state index in [0.717, 1.165) is 43.8 Å². The normalized spacial score (nSPS) is 18.9. The van der Waals surface area contributed by atoms with Gasteiger partial charge in [0.05, 0.1) is 106 Å². The fraction of sp³-hybridized carbons (Fsp3) is 0.586. The number of ether oxygens (including phenoxy) is 5. The summed E-state index contributed by atoms with van der Waals surface area (Å²) in [5, 5.41) is 32.7. The van der Waals surface area contributed by atoms with Crippen LogP contribution in [0.25, 0.3) is 39.0 Å². The van der Waals surface area contributed by atoms with Crippen LogP contribution >= 0.6 is 15.4 Å². The molecule has 1 amide bonds. The van der Waals surface area contributed by atoms with E-state index in [4.69, 9.17) is 42.9 Å². The van der Waals surface area contributed by atoms with Crippen LogP contribution in [0.15, 0.2) is 76.9 Å². The van der Waals surface area contributed by atoms with Gasteiger partial charge in [-0.25, -0.2) is 33.7 Å². The number of phosphoric acid groups is 1. The second-order valence-electron chi connectivity index (χ2n) is 22.7. The van der Waals surface area contributed by atoms with Crippen molar-refractivity contribution in [2.45, 2.75) is 134 Å². The number of fused-ring (bicyclic) bond motifs is 3. The number of aliphatic hydroxyl groups excluding tert-OH is 2. The number of hydrogen-bond acceptors (Lipinski definition) is 23. The number of carbonyl (C=O) groups excluding carboxylic acids is 1. The molecule has 0 radical (unpaired) electrons. The third-order valence-corrected chi connectivity index (χ3v) is 20.2. The summed E-state index contributed by atoms with van der Waals surface area (Å²) in [5.74, 6) is -0.792. The van der Waals surface area contributed by atoms with Gasteiger partial charge in [0.1, 0.15) is 46.8 Å². The van der Waals surface area contributed by atoms with Gasteiger partial charge in [0.15, 0.2) is 17.7 Å². The van der Waals surface area contributed by atoms with Crippen molar-refractivity contribution in [1.82, 2.24) is 54.1 Å². The number of nitrogens with two attached hydrogens (primary N) is 1. The number of phosphoric ester groups is 1. The minimum absolute atomic E-state index is 0.0294. The number of piperazine rings is 1. The molecule has 0 bridgehead atoms. The first-order chi connectivity index (χ1) is 43.7. The molecule has 9 rings (SSSR count). The first kappa shape index (κ1) is 69.1. The lowest BCUT2D eigenvalue weighted by molar-refractivity contribution is -0.122. The number of aliphatic hydroxyl groups is 2. The highest BCUT2D eigenvalue weighted by molar-refractivity contribution is 7.54. The molecule has 2 aliphatic heterocycles. The van der Waals surface area contributed by atoms with E-state index in [1.807, 2.05) is 18.2 Å². The maximum absolute atomic E-state index is 14.8. The molecule has 6 atom stereocenters. The quantitative estimate of drug-likeness (QED) is 0.0158. The van der Waals surface area contributed by atoms with Crippen LogP contribution in [0.4, 0.5) is 15.9 Å². The molecule has 6 aromatic heterocycles. The van der Waals surface area contributed by atoms with Gasteiger partial charge in [-0.15, -0.1) is 5.10 Å². The standard InChI is InChI=1S/C58H82FN13O17P2/c1-5-57(6-2,89-91(79,80)81)32-47-51(75)52(55(86-47)72-38-63-50-53(60)61-37-62-54(50)72)88-90(77,78)58(7-3,8-4)31-41(35-73)64-49(74)10-9-14-71-33-42(66-67-71)36-85-27-26-84-25-24-83-23-22-82-21-20-68-16-18-69(19-17-68)43-12-11-39-28-44(56(76)87-46(39)30-43)45-34-70-15-13-40(59)29-48(70)65-45/h11-13,15,28-30,33-34,37-38,41,47,51-52,55,73,75H,5-10,14,16-27,31-32,35-36H2,1-4H3,(H,64,74)(H,77,78)(H2,60,61,62)(H2,79,80,81)/t41?,47-,51?,52?,55-/m0/s1. The minimum atomic E-state index is -5.03. The average molecular weight is 1310 g/mol. The van der Waals surface area contributed by atoms with Gasteiger partial charge >= 0.3 is 21.0 Å². The van der Waals surface area contributed by atoms with E-state index in [1.54, 1.807) is 61.4 Å². The number of nitrogens with zero attached hydrogens (tertiary/aromatic N) is 11. The Balaban J connectivity index is 0.630. The number of anilines is 2. The van der Waals surface area contributed by atoms with Gasteiger partial charge in [0.25, 0.3) is 0 Å². The number of amides is 1. The van der Waals surface area contributed by atoms with Crippen LogP contribution in [0.5, 0.6) is 0 Å². The summed E-state index contributed by atoms with van der Waals surface area (Å²) in [7, 11) is -9.90. The number of aryl methyl sites for hydroxylation is 1. The summed E-state index contributed by atoms with van der Waals surface area (Å²) in [5.41, 5.74) is 7.57. The van der Waals surface area contributed by atoms with Gasteiger partial charge in [0, 0.05) is 87.7 Å². The van der Waals surface area contributed by atoms with E-state index in [0.29, 0.717) is 87.4 Å². The van der Waals surface area contributed by atoms with E-state index >= 15 is 0 Å². The van der Waals surface area contributed by atoms with E-state index in [-0.39, 0.29) is 68.5 Å². The number of hydrogen-bond donors (Lipinski definition) is 7. The van der Waals surface area contributed by atoms with Crippen molar-refractivity contribution >= 4 is 60.6 Å². The van der Waals surface area contributed by atoms with Crippen LogP contribution in [0.3, 0.4) is 0 Å². The lowest BCUT2D eigenvalue weighted by Crippen LogP contribution is -2.47. The number of aromatic nitrogens is 9. The minimum Gasteiger partial charge on any atom is -0.422 e. The van der Waals surface area contributed by atoms with Gasteiger partial charge in [-0.3, -0.25) is 32.6 Å². The van der Waals surface area contributed by atoms with Crippen molar-refractivity contribution in [1.29, 1.82) is 0 Å². The highest BCUT2D eigenvalue weighted by atomic mass is 31.2. The van der Waals surface area contributed by atoms with Crippen molar-refractivity contribution in [3.8, 4) is 11.3 Å². The molecule has 498 valence electrons. The van der Waals surface area contributed by atoms with Crippen molar-refractivity contribution in [2.24, 2.45) is 0 Å². The molecule has 30 nitrogen and oxygen atoms in total. The van der Waals surface area contributed by atoms with Crippen LogP contribution in [-0.4, -0.2) is 200 Å². The Morgan fingerprint density at radius 1 is 0.890 bits per heavy atom. The summed E-state index contributed by atoms with van der Waals surface area (Å²) in [6.07, 6.45) is 1.85. The number of halogens is 1. The van der Waals surface area contributed by atoms with E-state index in [2.05, 4.69) is 45.4 Å². The van der Waals surface area contributed by atoms with Crippen molar-refractivity contribution in [2.75, 3.05) is 96.2 Å². The third-order valence-electron chi connectivity index (χ3n) is 17.0. The van der Waals surface area contributed by atoms with Gasteiger partial charge < -0.3 is 73.3 Å². The molecule has 0 aliphatic carbocycles. The zero-order valence-corrected chi connectivity index (χ0v) is 53.2. The lowest BCUT2D eigenvalue weighted by Gasteiger charge is -2.39. The molecule has 8 N–H and O–H groups in total. The molecule has 33 heteroatoms. The topological polar surface area (TPSA) is 383 Å². The number of pyridine rings is 1. The van der Waals surface area contributed by atoms with Crippen LogP contribution in [-0.2, 0) is 59.8 Å². The van der Waals surface area contributed by atoms with Crippen molar-refractivity contribution in [3.63, 3.8) is 0 Å². The second-order valence-corrected chi connectivity index (χ2v) is 26.1. The summed E-state index contributed by atoms with van der Waals surface area (Å²) in [6, 6.07) is 9.26. The first-order valence-corrected chi connectivity index (χ1v) is 33.6. The van der Waals surface area contributed by atoms with Gasteiger partial charge in [-0.2, -0.15) is 0 Å². The number of rotatable bonds is 36. The highest BCUT2D eigenvalue weighted by Crippen LogP contribution is 2.63. The molecular formula is C58H82FN13O17P2. The monoisotopic (exact) mass is 1310 g/mol. The lowest BCUT2D eigenvalue weighted by atomic mass is 9.88. The zero-order chi connectivity index (χ0) is 64.9. The smallest absolute Gasteiger partial charge is 0.422 e. The summed E-state index contributed by atoms with van der Waals surface area (Å²) in [6.45, 7) is 13.6. The molecule has 91 heavy (non-hydrogen) atoms. The van der Waals surface area contributed by atoms with Gasteiger partial charge in [-0.1, -0.05) is 32.9 Å². The summed E-state index contributed by atoms with van der Waals surface area (Å²) < 4.78 is 91.5. The number of benzene rings is 1. The Bertz CT molecular complexity index is 3680. The maximum Gasteiger partial charge on any atom is 0.470 e. The van der Waals surface area contributed by atoms with Gasteiger partial charge in [0.2, 0.25) is 5.91 Å². The Hall–Kier alpha value is -6.25. The largest absolute Gasteiger partial charge is 0.470 e. The maximum atomic E-state index is 14.8. The predicted molar refractivity (Wildman–Crippen MR) is 329 cm³/mol. The average Bonchev–Trinajstić information content (AvgIpc) is 1.68.